The number of fused-ring (bicyclic) bond motifs is 5. The molecular weight excluding hydrogens is 303 g/mol. The van der Waals surface area contributed by atoms with Crippen LogP contribution in [0.4, 0.5) is 0 Å². The van der Waals surface area contributed by atoms with Crippen molar-refractivity contribution < 1.29 is 0 Å². The van der Waals surface area contributed by atoms with E-state index in [0.717, 1.165) is 17.8 Å². The molecule has 0 saturated heterocycles. The monoisotopic (exact) mass is 316 g/mol. The molecule has 1 aliphatic carbocycles. The highest BCUT2D eigenvalue weighted by Gasteiger charge is 2.34. The van der Waals surface area contributed by atoms with Crippen LogP contribution in [0.2, 0.25) is 10.0 Å². The van der Waals surface area contributed by atoms with Crippen LogP contribution in [-0.4, -0.2) is 9.38 Å². The number of aromatic nitrogens is 2. The molecule has 4 heteroatoms. The number of pyridine rings is 1. The molecule has 0 atom stereocenters. The first-order valence-corrected chi connectivity index (χ1v) is 7.69. The zero-order valence-electron chi connectivity index (χ0n) is 11.8. The predicted molar refractivity (Wildman–Crippen MR) is 87.4 cm³/mol. The Bertz CT molecular complexity index is 878. The highest BCUT2D eigenvalue weighted by Crippen LogP contribution is 2.43. The third kappa shape index (κ3) is 1.82. The Kier molecular flexibility index (Phi) is 2.66. The fraction of sp³-hybridized carbons (Fsp3) is 0.235. The average Bonchev–Trinajstić information content (AvgIpc) is 2.78. The molecule has 0 N–H and O–H groups in total. The van der Waals surface area contributed by atoms with E-state index in [-0.39, 0.29) is 5.41 Å². The maximum absolute atomic E-state index is 6.31. The largest absolute Gasteiger partial charge is 0.301 e. The summed E-state index contributed by atoms with van der Waals surface area (Å²) in [6.07, 6.45) is 2.82. The Labute approximate surface area is 133 Å². The van der Waals surface area contributed by atoms with Gasteiger partial charge in [0, 0.05) is 11.8 Å². The summed E-state index contributed by atoms with van der Waals surface area (Å²) in [6, 6.07) is 10.2. The number of hydrogen-bond acceptors (Lipinski definition) is 1. The summed E-state index contributed by atoms with van der Waals surface area (Å²) in [4.78, 5) is 4.77. The fourth-order valence-electron chi connectivity index (χ4n) is 3.30. The van der Waals surface area contributed by atoms with Crippen LogP contribution >= 0.6 is 23.2 Å². The summed E-state index contributed by atoms with van der Waals surface area (Å²) in [5, 5.41) is 1.22. The number of rotatable bonds is 0. The second-order valence-corrected chi connectivity index (χ2v) is 7.06. The molecule has 0 bridgehead atoms. The predicted octanol–water partition coefficient (Wildman–Crippen LogP) is 5.14. The molecule has 1 aromatic carbocycles. The molecule has 0 fully saturated rings. The van der Waals surface area contributed by atoms with E-state index in [0.29, 0.717) is 10.0 Å². The molecular formula is C17H14Cl2N2. The minimum atomic E-state index is 0.0638. The minimum absolute atomic E-state index is 0.0638. The van der Waals surface area contributed by atoms with Gasteiger partial charge in [0.15, 0.2) is 5.65 Å². The molecule has 0 radical (unpaired) electrons. The number of nitrogens with zero attached hydrogens (tertiary/aromatic N) is 2. The van der Waals surface area contributed by atoms with E-state index in [9.17, 15) is 0 Å². The van der Waals surface area contributed by atoms with Crippen LogP contribution in [0, 0.1) is 0 Å². The Morgan fingerprint density at radius 2 is 1.95 bits per heavy atom. The molecule has 3 aromatic rings. The second-order valence-electron chi connectivity index (χ2n) is 6.21. The lowest BCUT2D eigenvalue weighted by molar-refractivity contribution is 0.508. The molecule has 0 spiro atoms. The number of benzene rings is 1. The molecule has 0 unspecified atom stereocenters. The molecule has 2 nitrogen and oxygen atoms in total. The van der Waals surface area contributed by atoms with Crippen molar-refractivity contribution in [3.8, 4) is 11.3 Å². The SMILES string of the molecule is CC1(C)Cc2c(nc3c(Cl)cc(Cl)cn23)-c2ccccc21. The van der Waals surface area contributed by atoms with Gasteiger partial charge < -0.3 is 4.40 Å². The van der Waals surface area contributed by atoms with Gasteiger partial charge in [-0.25, -0.2) is 4.98 Å². The van der Waals surface area contributed by atoms with Gasteiger partial charge in [-0.2, -0.15) is 0 Å². The van der Waals surface area contributed by atoms with E-state index in [1.807, 2.05) is 10.6 Å². The normalized spacial score (nSPS) is 15.8. The first-order chi connectivity index (χ1) is 9.97. The van der Waals surface area contributed by atoms with Crippen molar-refractivity contribution in [3.05, 3.63) is 57.8 Å². The lowest BCUT2D eigenvalue weighted by Gasteiger charge is -2.32. The Morgan fingerprint density at radius 1 is 1.19 bits per heavy atom. The number of hydrogen-bond donors (Lipinski definition) is 0. The summed E-state index contributed by atoms with van der Waals surface area (Å²) < 4.78 is 2.04. The van der Waals surface area contributed by atoms with Crippen molar-refractivity contribution in [3.63, 3.8) is 0 Å². The number of halogens is 2. The van der Waals surface area contributed by atoms with Crippen LogP contribution < -0.4 is 0 Å². The van der Waals surface area contributed by atoms with Crippen molar-refractivity contribution >= 4 is 28.8 Å². The van der Waals surface area contributed by atoms with Gasteiger partial charge in [0.2, 0.25) is 0 Å². The first-order valence-electron chi connectivity index (χ1n) is 6.93. The van der Waals surface area contributed by atoms with Gasteiger partial charge in [0.25, 0.3) is 0 Å². The van der Waals surface area contributed by atoms with Gasteiger partial charge in [-0.05, 0) is 23.5 Å². The van der Waals surface area contributed by atoms with Gasteiger partial charge >= 0.3 is 0 Å². The molecule has 0 saturated carbocycles. The van der Waals surface area contributed by atoms with Crippen LogP contribution in [-0.2, 0) is 11.8 Å². The van der Waals surface area contributed by atoms with Crippen LogP contribution in [0.15, 0.2) is 36.5 Å². The molecule has 106 valence electrons. The van der Waals surface area contributed by atoms with Crippen LogP contribution in [0.1, 0.15) is 25.1 Å². The van der Waals surface area contributed by atoms with Crippen LogP contribution in [0.5, 0.6) is 0 Å². The van der Waals surface area contributed by atoms with Gasteiger partial charge in [-0.3, -0.25) is 0 Å². The fourth-order valence-corrected chi connectivity index (χ4v) is 3.81. The molecule has 4 rings (SSSR count). The number of imidazole rings is 1. The molecule has 2 aromatic heterocycles. The molecule has 21 heavy (non-hydrogen) atoms. The van der Waals surface area contributed by atoms with Gasteiger partial charge in [-0.15, -0.1) is 0 Å². The van der Waals surface area contributed by atoms with Crippen molar-refractivity contribution in [2.75, 3.05) is 0 Å². The topological polar surface area (TPSA) is 17.3 Å². The Balaban J connectivity index is 2.13. The lowest BCUT2D eigenvalue weighted by Crippen LogP contribution is -2.26. The molecule has 0 aliphatic heterocycles. The van der Waals surface area contributed by atoms with Crippen molar-refractivity contribution in [1.29, 1.82) is 0 Å². The maximum Gasteiger partial charge on any atom is 0.156 e. The highest BCUT2D eigenvalue weighted by atomic mass is 35.5. The van der Waals surface area contributed by atoms with E-state index in [1.54, 1.807) is 6.07 Å². The van der Waals surface area contributed by atoms with E-state index >= 15 is 0 Å². The van der Waals surface area contributed by atoms with E-state index in [4.69, 9.17) is 28.2 Å². The smallest absolute Gasteiger partial charge is 0.156 e. The Hall–Kier alpha value is -1.51. The Morgan fingerprint density at radius 3 is 2.76 bits per heavy atom. The average molecular weight is 317 g/mol. The van der Waals surface area contributed by atoms with Gasteiger partial charge in [0.1, 0.15) is 0 Å². The maximum atomic E-state index is 6.31. The molecule has 1 aliphatic rings. The summed E-state index contributed by atoms with van der Waals surface area (Å²) in [7, 11) is 0. The van der Waals surface area contributed by atoms with Gasteiger partial charge in [-0.1, -0.05) is 61.3 Å². The summed E-state index contributed by atoms with van der Waals surface area (Å²) in [6.45, 7) is 4.53. The third-order valence-corrected chi connectivity index (χ3v) is 4.75. The van der Waals surface area contributed by atoms with E-state index in [1.165, 1.54) is 16.8 Å². The van der Waals surface area contributed by atoms with E-state index in [2.05, 4.69) is 38.1 Å². The minimum Gasteiger partial charge on any atom is -0.301 e. The van der Waals surface area contributed by atoms with Crippen molar-refractivity contribution in [2.45, 2.75) is 25.7 Å². The standard InChI is InChI=1S/C17H14Cl2N2/c1-17(2)8-14-15(11-5-3-4-6-12(11)17)20-16-13(19)7-10(18)9-21(14)16/h3-7,9H,8H2,1-2H3. The quantitative estimate of drug-likeness (QED) is 0.561. The van der Waals surface area contributed by atoms with Gasteiger partial charge in [0.05, 0.1) is 21.4 Å². The summed E-state index contributed by atoms with van der Waals surface area (Å²) >= 11 is 12.5. The van der Waals surface area contributed by atoms with Crippen LogP contribution in [0.25, 0.3) is 16.9 Å². The molecule has 2 heterocycles. The second kappa shape index (κ2) is 4.25. The third-order valence-electron chi connectivity index (χ3n) is 4.26. The molecule has 0 amide bonds. The van der Waals surface area contributed by atoms with Crippen LogP contribution in [0.3, 0.4) is 0 Å². The zero-order valence-corrected chi connectivity index (χ0v) is 13.3. The lowest BCUT2D eigenvalue weighted by atomic mass is 9.73. The van der Waals surface area contributed by atoms with Crippen molar-refractivity contribution in [1.82, 2.24) is 9.38 Å². The summed E-state index contributed by atoms with van der Waals surface area (Å²) in [5.41, 5.74) is 5.57. The summed E-state index contributed by atoms with van der Waals surface area (Å²) in [5.74, 6) is 0. The van der Waals surface area contributed by atoms with Crippen molar-refractivity contribution in [2.24, 2.45) is 0 Å². The first kappa shape index (κ1) is 13.2. The van der Waals surface area contributed by atoms with E-state index < -0.39 is 0 Å². The zero-order chi connectivity index (χ0) is 14.8. The highest BCUT2D eigenvalue weighted by molar-refractivity contribution is 6.36.